The maximum absolute atomic E-state index is 14.8. The highest BCUT2D eigenvalue weighted by molar-refractivity contribution is 7.91. The van der Waals surface area contributed by atoms with E-state index < -0.39 is 74.0 Å². The van der Waals surface area contributed by atoms with Crippen LogP contribution in [0.4, 0.5) is 9.18 Å². The van der Waals surface area contributed by atoms with E-state index in [1.807, 2.05) is 31.4 Å². The number of halogens is 1. The number of pyridine rings is 1. The molecule has 5 atom stereocenters. The number of sulfonamides is 1. The van der Waals surface area contributed by atoms with Crippen molar-refractivity contribution in [3.63, 3.8) is 0 Å². The van der Waals surface area contributed by atoms with Crippen molar-refractivity contribution in [2.75, 3.05) is 6.54 Å². The highest BCUT2D eigenvalue weighted by Gasteiger charge is 2.63. The Morgan fingerprint density at radius 3 is 2.57 bits per heavy atom. The van der Waals surface area contributed by atoms with Crippen LogP contribution in [0, 0.1) is 11.7 Å². The first-order valence-electron chi connectivity index (χ1n) is 22.1. The number of allylic oxidation sites excluding steroid dienone is 1. The van der Waals surface area contributed by atoms with Gasteiger partial charge >= 0.3 is 6.09 Å². The van der Waals surface area contributed by atoms with Crippen molar-refractivity contribution < 1.29 is 45.9 Å². The minimum absolute atomic E-state index is 0.0336. The Hall–Kier alpha value is -5.10. The summed E-state index contributed by atoms with van der Waals surface area (Å²) in [5, 5.41) is 8.72. The summed E-state index contributed by atoms with van der Waals surface area (Å²) in [4.78, 5) is 67.9. The molecule has 3 aromatic heterocycles. The Labute approximate surface area is 369 Å². The van der Waals surface area contributed by atoms with Gasteiger partial charge in [-0.05, 0) is 95.2 Å². The number of nitrogens with zero attached hydrogens (tertiary/aromatic N) is 3. The lowest BCUT2D eigenvalue weighted by Gasteiger charge is -2.30. The molecule has 4 aromatic rings. The Balaban J connectivity index is 1.06. The third kappa shape index (κ3) is 8.64. The van der Waals surface area contributed by atoms with Crippen LogP contribution in [0.3, 0.4) is 0 Å². The Morgan fingerprint density at radius 1 is 1.05 bits per heavy atom. The van der Waals surface area contributed by atoms with Crippen molar-refractivity contribution >= 4 is 67.2 Å². The van der Waals surface area contributed by atoms with Crippen LogP contribution in [0.25, 0.3) is 32.8 Å². The van der Waals surface area contributed by atoms with Crippen molar-refractivity contribution in [2.24, 2.45) is 5.92 Å². The zero-order valence-corrected chi connectivity index (χ0v) is 37.2. The number of ether oxygens (including phenoxy) is 2. The zero-order chi connectivity index (χ0) is 44.3. The van der Waals surface area contributed by atoms with Crippen LogP contribution in [0.15, 0.2) is 46.2 Å². The zero-order valence-electron chi connectivity index (χ0n) is 35.6. The maximum atomic E-state index is 14.8. The monoisotopic (exact) mass is 904 g/mol. The molecule has 0 bridgehead atoms. The van der Waals surface area contributed by atoms with Gasteiger partial charge in [0.15, 0.2) is 11.3 Å². The first-order valence-corrected chi connectivity index (χ1v) is 24.5. The van der Waals surface area contributed by atoms with Crippen molar-refractivity contribution in [2.45, 2.75) is 145 Å². The van der Waals surface area contributed by atoms with E-state index in [0.717, 1.165) is 44.2 Å². The van der Waals surface area contributed by atoms with E-state index in [1.165, 1.54) is 34.4 Å². The van der Waals surface area contributed by atoms with E-state index in [9.17, 15) is 32.0 Å². The minimum Gasteiger partial charge on any atom is -0.484 e. The van der Waals surface area contributed by atoms with Gasteiger partial charge in [-0.3, -0.25) is 19.1 Å². The molecule has 4 fully saturated rings. The average molecular weight is 905 g/mol. The van der Waals surface area contributed by atoms with E-state index in [-0.39, 0.29) is 42.7 Å². The van der Waals surface area contributed by atoms with Gasteiger partial charge in [-0.15, -0.1) is 11.3 Å². The summed E-state index contributed by atoms with van der Waals surface area (Å²) in [5.41, 5.74) is 0.736. The fourth-order valence-corrected chi connectivity index (χ4v) is 11.3. The molecule has 5 aliphatic rings. The molecule has 4 amide bonds. The van der Waals surface area contributed by atoms with Gasteiger partial charge in [-0.25, -0.2) is 27.6 Å². The molecule has 3 aliphatic carbocycles. The van der Waals surface area contributed by atoms with Gasteiger partial charge in [0, 0.05) is 29.2 Å². The quantitative estimate of drug-likeness (QED) is 0.144. The molecule has 5 heterocycles. The van der Waals surface area contributed by atoms with Crippen LogP contribution in [-0.4, -0.2) is 88.2 Å². The van der Waals surface area contributed by atoms with Gasteiger partial charge in [0.05, 0.1) is 17.0 Å². The van der Waals surface area contributed by atoms with Gasteiger partial charge in [0.25, 0.3) is 5.91 Å². The molecule has 3 N–H and O–H groups in total. The van der Waals surface area contributed by atoms with Gasteiger partial charge in [-0.2, -0.15) is 0 Å². The van der Waals surface area contributed by atoms with Crippen molar-refractivity contribution in [3.05, 3.63) is 53.3 Å². The number of furan rings is 1. The van der Waals surface area contributed by atoms with Crippen molar-refractivity contribution in [1.82, 2.24) is 30.2 Å². The number of amides is 4. The summed E-state index contributed by atoms with van der Waals surface area (Å²) >= 11 is 1.40. The van der Waals surface area contributed by atoms with Crippen molar-refractivity contribution in [3.8, 4) is 16.5 Å². The van der Waals surface area contributed by atoms with Crippen LogP contribution in [0.1, 0.15) is 116 Å². The molecule has 0 unspecified atom stereocenters. The fraction of sp³-hybridized carbons (Fsp3) is 0.556. The Bertz CT molecular complexity index is 2600. The number of nitrogens with one attached hydrogen (secondary N) is 3. The predicted octanol–water partition coefficient (Wildman–Crippen LogP) is 7.15. The summed E-state index contributed by atoms with van der Waals surface area (Å²) in [6.45, 7) is 5.56. The molecule has 3 saturated carbocycles. The van der Waals surface area contributed by atoms with E-state index in [0.29, 0.717) is 59.3 Å². The summed E-state index contributed by atoms with van der Waals surface area (Å²) < 4.78 is 61.1. The van der Waals surface area contributed by atoms with Crippen LogP contribution < -0.4 is 20.1 Å². The maximum Gasteiger partial charge on any atom is 0.408 e. The molecule has 0 spiro atoms. The van der Waals surface area contributed by atoms with E-state index in [4.69, 9.17) is 23.9 Å². The fourth-order valence-electron chi connectivity index (χ4n) is 9.00. The van der Waals surface area contributed by atoms with Gasteiger partial charge in [-0.1, -0.05) is 38.8 Å². The highest BCUT2D eigenvalue weighted by atomic mass is 32.2. The number of carbonyl (C=O) groups is 4. The Kier molecular flexibility index (Phi) is 11.5. The molecule has 2 aliphatic heterocycles. The lowest BCUT2D eigenvalue weighted by molar-refractivity contribution is -0.141. The number of benzene rings is 1. The summed E-state index contributed by atoms with van der Waals surface area (Å²) in [6.07, 6.45) is 9.48. The number of alkyl carbamates (subject to hydrolysis) is 1. The average Bonchev–Trinajstić information content (AvgIpc) is 3.72. The number of rotatable bonds is 9. The molecule has 63 heavy (non-hydrogen) atoms. The lowest BCUT2D eigenvalue weighted by atomic mass is 10.0. The Morgan fingerprint density at radius 2 is 1.83 bits per heavy atom. The second kappa shape index (κ2) is 16.8. The lowest BCUT2D eigenvalue weighted by Crippen LogP contribution is -2.58. The third-order valence-corrected chi connectivity index (χ3v) is 16.4. The largest absolute Gasteiger partial charge is 0.484 e. The first kappa shape index (κ1) is 43.2. The molecule has 336 valence electrons. The molecular weight excluding hydrogens is 852 g/mol. The molecule has 0 radical (unpaired) electrons. The van der Waals surface area contributed by atoms with Gasteiger partial charge < -0.3 is 29.4 Å². The number of aromatic nitrogens is 2. The molecule has 1 aromatic carbocycles. The summed E-state index contributed by atoms with van der Waals surface area (Å²) in [5.74, 6) is -2.56. The number of hydrogen-bond donors (Lipinski definition) is 3. The van der Waals surface area contributed by atoms with Gasteiger partial charge in [0.1, 0.15) is 57.4 Å². The normalized spacial score (nSPS) is 27.0. The predicted molar refractivity (Wildman–Crippen MR) is 233 cm³/mol. The van der Waals surface area contributed by atoms with Crippen LogP contribution in [-0.2, 0) is 29.1 Å². The number of fused-ring (bicyclic) bond motifs is 5. The minimum atomic E-state index is -4.03. The van der Waals surface area contributed by atoms with Crippen molar-refractivity contribution in [1.29, 1.82) is 0 Å². The van der Waals surface area contributed by atoms with Crippen LogP contribution in [0.5, 0.6) is 5.75 Å². The SMILES string of the molecule is CC(C)c1csc(-c2cc(O[C@@H]3C[C@H]4C(=O)N[C@]5(C(=O)NS(=O)(=O)C6(C)CC6)C[C@@H]5/C=C\CCCCC[C@H](NC(=O)OC5CCCC5)C(=O)N4C3)c3oc4ccc(F)cc4c3n2)n1. The standard InChI is InChI=1S/C45H53FN6O9S2/c1-25(2)33-24-62-40(48-33)32-21-36(38-37(47-32)30-19-27(46)15-16-35(30)61-38)59-29-20-34-39(53)50-45(42(55)51-63(57,58)44(3)17-18-44)22-26(45)11-7-5-4-6-8-14-31(41(54)52(34)23-29)49-43(56)60-28-12-9-10-13-28/h7,11,15-16,19,21,24-26,28-29,31,34H,4-6,8-10,12-14,17-18,20,22-23H2,1-3H3,(H,49,56)(H,50,53)(H,51,55)/b11-7-/t26-,29+,31-,34-,45+/m0/s1. The van der Waals surface area contributed by atoms with E-state index in [2.05, 4.69) is 15.4 Å². The highest BCUT2D eigenvalue weighted by Crippen LogP contribution is 2.48. The second-order valence-corrected chi connectivity index (χ2v) is 21.4. The molecule has 1 saturated heterocycles. The molecule has 9 rings (SSSR count). The summed E-state index contributed by atoms with van der Waals surface area (Å²) in [6, 6.07) is 3.60. The number of carbonyl (C=O) groups excluding carboxylic acids is 4. The van der Waals surface area contributed by atoms with Gasteiger partial charge in [0.2, 0.25) is 21.8 Å². The molecular formula is C45H53FN6O9S2. The molecule has 15 nitrogen and oxygen atoms in total. The first-order chi connectivity index (χ1) is 30.1. The van der Waals surface area contributed by atoms with E-state index >= 15 is 0 Å². The third-order valence-electron chi connectivity index (χ3n) is 13.3. The van der Waals surface area contributed by atoms with Crippen LogP contribution in [0.2, 0.25) is 0 Å². The smallest absolute Gasteiger partial charge is 0.408 e. The number of thiazole rings is 1. The summed E-state index contributed by atoms with van der Waals surface area (Å²) in [7, 11) is -4.03. The number of hydrogen-bond acceptors (Lipinski definition) is 12. The molecule has 18 heteroatoms. The van der Waals surface area contributed by atoms with Crippen LogP contribution >= 0.6 is 11.3 Å². The second-order valence-electron chi connectivity index (χ2n) is 18.4. The van der Waals surface area contributed by atoms with E-state index in [1.54, 1.807) is 13.0 Å². The topological polar surface area (TPSA) is 199 Å².